The molecule has 1 aliphatic heterocycles. The molecule has 1 atom stereocenters. The first-order chi connectivity index (χ1) is 7.72. The summed E-state index contributed by atoms with van der Waals surface area (Å²) >= 11 is 0. The Balaban J connectivity index is 2.09. The zero-order chi connectivity index (χ0) is 11.5. The topological polar surface area (TPSA) is 71.5 Å². The maximum Gasteiger partial charge on any atom is 0.301 e. The number of carbonyl (C=O) groups excluding carboxylic acids is 1. The summed E-state index contributed by atoms with van der Waals surface area (Å²) in [7, 11) is 0. The first-order valence-corrected chi connectivity index (χ1v) is 5.53. The van der Waals surface area contributed by atoms with Crippen molar-refractivity contribution < 1.29 is 9.21 Å². The predicted octanol–water partition coefficient (Wildman–Crippen LogP) is 0.867. The van der Waals surface area contributed by atoms with Gasteiger partial charge < -0.3 is 4.42 Å². The first-order valence-electron chi connectivity index (χ1n) is 5.53. The Morgan fingerprint density at radius 2 is 2.56 bits per heavy atom. The highest BCUT2D eigenvalue weighted by Gasteiger charge is 2.23. The van der Waals surface area contributed by atoms with Gasteiger partial charge in [0, 0.05) is 18.2 Å². The second kappa shape index (κ2) is 4.67. The molecule has 2 heterocycles. The van der Waals surface area contributed by atoms with Gasteiger partial charge in [-0.1, -0.05) is 0 Å². The lowest BCUT2D eigenvalue weighted by Crippen LogP contribution is -2.32. The summed E-state index contributed by atoms with van der Waals surface area (Å²) in [5.41, 5.74) is 2.99. The number of furan rings is 1. The minimum atomic E-state index is -0.369. The Kier molecular flexibility index (Phi) is 3.26. The number of hydrogen-bond donors (Lipinski definition) is 2. The van der Waals surface area contributed by atoms with Crippen molar-refractivity contribution in [3.63, 3.8) is 0 Å². The lowest BCUT2D eigenvalue weighted by Gasteiger charge is -2.20. The molecule has 5 heteroatoms. The van der Waals surface area contributed by atoms with Gasteiger partial charge in [-0.2, -0.15) is 0 Å². The number of nitrogen functional groups attached to an aromatic ring is 1. The van der Waals surface area contributed by atoms with Crippen LogP contribution in [0.2, 0.25) is 0 Å². The molecule has 1 aromatic heterocycles. The van der Waals surface area contributed by atoms with Gasteiger partial charge in [0.25, 0.3) is 0 Å². The van der Waals surface area contributed by atoms with Crippen molar-refractivity contribution in [2.24, 2.45) is 5.84 Å². The van der Waals surface area contributed by atoms with E-state index >= 15 is 0 Å². The summed E-state index contributed by atoms with van der Waals surface area (Å²) in [4.78, 5) is 13.7. The number of nitrogens with zero attached hydrogens (tertiary/aromatic N) is 1. The van der Waals surface area contributed by atoms with Gasteiger partial charge in [0.2, 0.25) is 0 Å². The highest BCUT2D eigenvalue weighted by molar-refractivity contribution is 5.92. The number of hydrazine groups is 1. The van der Waals surface area contributed by atoms with Crippen molar-refractivity contribution in [3.8, 4) is 0 Å². The van der Waals surface area contributed by atoms with Gasteiger partial charge >= 0.3 is 5.91 Å². The highest BCUT2D eigenvalue weighted by atomic mass is 16.3. The van der Waals surface area contributed by atoms with Crippen LogP contribution in [0.25, 0.3) is 0 Å². The summed E-state index contributed by atoms with van der Waals surface area (Å²) in [6.45, 7) is 4.03. The number of likely N-dealkylation sites (tertiary alicyclic amines) is 1. The number of rotatable bonds is 3. The van der Waals surface area contributed by atoms with Gasteiger partial charge in [0.05, 0.1) is 6.26 Å². The average molecular weight is 223 g/mol. The molecule has 5 nitrogen and oxygen atoms in total. The largest absolute Gasteiger partial charge is 0.459 e. The van der Waals surface area contributed by atoms with E-state index < -0.39 is 0 Å². The van der Waals surface area contributed by atoms with Gasteiger partial charge in [-0.25, -0.2) is 5.84 Å². The fraction of sp³-hybridized carbons (Fsp3) is 0.545. The summed E-state index contributed by atoms with van der Waals surface area (Å²) in [6.07, 6.45) is 3.97. The van der Waals surface area contributed by atoms with E-state index in [1.165, 1.54) is 19.1 Å². The van der Waals surface area contributed by atoms with Crippen molar-refractivity contribution in [1.82, 2.24) is 10.3 Å². The number of nitrogens with one attached hydrogen (secondary N) is 1. The van der Waals surface area contributed by atoms with Crippen LogP contribution in [0.5, 0.6) is 0 Å². The molecule has 3 N–H and O–H groups in total. The summed E-state index contributed by atoms with van der Waals surface area (Å²) in [6, 6.07) is 2.40. The molecular weight excluding hydrogens is 206 g/mol. The van der Waals surface area contributed by atoms with Crippen molar-refractivity contribution >= 4 is 5.91 Å². The van der Waals surface area contributed by atoms with Crippen LogP contribution in [-0.4, -0.2) is 23.4 Å². The molecule has 16 heavy (non-hydrogen) atoms. The molecule has 0 spiro atoms. The van der Waals surface area contributed by atoms with Crippen LogP contribution < -0.4 is 11.3 Å². The van der Waals surface area contributed by atoms with Crippen molar-refractivity contribution in [2.45, 2.75) is 32.4 Å². The molecule has 1 unspecified atom stereocenters. The second-order valence-electron chi connectivity index (χ2n) is 4.21. The van der Waals surface area contributed by atoms with E-state index in [0.29, 0.717) is 11.8 Å². The fourth-order valence-electron chi connectivity index (χ4n) is 2.17. The number of carbonyl (C=O) groups is 1. The SMILES string of the molecule is CC1CCCN1Cc1ccoc1C(=O)NN. The molecule has 1 fully saturated rings. The van der Waals surface area contributed by atoms with Crippen molar-refractivity contribution in [1.29, 1.82) is 0 Å². The lowest BCUT2D eigenvalue weighted by atomic mass is 10.2. The van der Waals surface area contributed by atoms with Crippen molar-refractivity contribution in [2.75, 3.05) is 6.54 Å². The summed E-state index contributed by atoms with van der Waals surface area (Å²) in [5.74, 6) is 5.05. The van der Waals surface area contributed by atoms with Crippen LogP contribution in [0.1, 0.15) is 35.9 Å². The zero-order valence-corrected chi connectivity index (χ0v) is 9.40. The molecule has 0 aliphatic carbocycles. The number of nitrogens with two attached hydrogens (primary N) is 1. The Labute approximate surface area is 94.6 Å². The van der Waals surface area contributed by atoms with Crippen LogP contribution in [0, 0.1) is 0 Å². The molecule has 0 bridgehead atoms. The molecule has 88 valence electrons. The quantitative estimate of drug-likeness (QED) is 0.453. The van der Waals surface area contributed by atoms with Crippen LogP contribution in [0.4, 0.5) is 0 Å². The minimum absolute atomic E-state index is 0.321. The van der Waals surface area contributed by atoms with Crippen LogP contribution in [-0.2, 0) is 6.54 Å². The third-order valence-corrected chi connectivity index (χ3v) is 3.15. The van der Waals surface area contributed by atoms with Gasteiger partial charge in [-0.3, -0.25) is 15.1 Å². The number of amides is 1. The third-order valence-electron chi connectivity index (χ3n) is 3.15. The Morgan fingerprint density at radius 1 is 1.75 bits per heavy atom. The molecule has 0 radical (unpaired) electrons. The minimum Gasteiger partial charge on any atom is -0.459 e. The molecular formula is C11H17N3O2. The van der Waals surface area contributed by atoms with Crippen LogP contribution in [0.15, 0.2) is 16.7 Å². The molecule has 1 saturated heterocycles. The monoisotopic (exact) mass is 223 g/mol. The van der Waals surface area contributed by atoms with Gasteiger partial charge in [0.15, 0.2) is 5.76 Å². The predicted molar refractivity (Wildman–Crippen MR) is 59.5 cm³/mol. The van der Waals surface area contributed by atoms with Crippen LogP contribution in [0.3, 0.4) is 0 Å². The normalized spacial score (nSPS) is 21.2. The second-order valence-corrected chi connectivity index (χ2v) is 4.21. The molecule has 0 saturated carbocycles. The number of hydrogen-bond acceptors (Lipinski definition) is 4. The fourth-order valence-corrected chi connectivity index (χ4v) is 2.17. The maximum atomic E-state index is 11.4. The Bertz CT molecular complexity index is 375. The molecule has 2 rings (SSSR count). The first kappa shape index (κ1) is 11.2. The van der Waals surface area contributed by atoms with E-state index in [-0.39, 0.29) is 5.91 Å². The van der Waals surface area contributed by atoms with E-state index in [1.54, 1.807) is 0 Å². The van der Waals surface area contributed by atoms with E-state index in [4.69, 9.17) is 10.3 Å². The van der Waals surface area contributed by atoms with E-state index in [2.05, 4.69) is 17.2 Å². The molecule has 1 amide bonds. The molecule has 1 aliphatic rings. The maximum absolute atomic E-state index is 11.4. The average Bonchev–Trinajstić information content (AvgIpc) is 2.88. The van der Waals surface area contributed by atoms with E-state index in [1.807, 2.05) is 6.07 Å². The van der Waals surface area contributed by atoms with E-state index in [9.17, 15) is 4.79 Å². The smallest absolute Gasteiger partial charge is 0.301 e. The Morgan fingerprint density at radius 3 is 3.19 bits per heavy atom. The van der Waals surface area contributed by atoms with Gasteiger partial charge in [-0.15, -0.1) is 0 Å². The molecule has 1 aromatic rings. The Hall–Kier alpha value is -1.33. The highest BCUT2D eigenvalue weighted by Crippen LogP contribution is 2.21. The zero-order valence-electron chi connectivity index (χ0n) is 9.40. The third kappa shape index (κ3) is 2.10. The standard InChI is InChI=1S/C11H17N3O2/c1-8-3-2-5-14(8)7-9-4-6-16-10(9)11(15)13-12/h4,6,8H,2-3,5,7,12H2,1H3,(H,13,15). The molecule has 0 aromatic carbocycles. The van der Waals surface area contributed by atoms with Crippen LogP contribution >= 0.6 is 0 Å². The summed E-state index contributed by atoms with van der Waals surface area (Å²) < 4.78 is 5.14. The van der Waals surface area contributed by atoms with E-state index in [0.717, 1.165) is 18.7 Å². The van der Waals surface area contributed by atoms with Gasteiger partial charge in [0.1, 0.15) is 0 Å². The van der Waals surface area contributed by atoms with Crippen molar-refractivity contribution in [3.05, 3.63) is 23.7 Å². The van der Waals surface area contributed by atoms with Gasteiger partial charge in [-0.05, 0) is 32.4 Å². The lowest BCUT2D eigenvalue weighted by molar-refractivity contribution is 0.0922. The summed E-state index contributed by atoms with van der Waals surface area (Å²) in [5, 5.41) is 0.